The Kier molecular flexibility index (Phi) is 2.39. The molecule has 4 nitrogen and oxygen atoms in total. The average molecular weight is 141 g/mol. The molecule has 56 valence electrons. The topological polar surface area (TPSA) is 51.0 Å². The van der Waals surface area contributed by atoms with Crippen LogP contribution in [0.1, 0.15) is 11.5 Å². The summed E-state index contributed by atoms with van der Waals surface area (Å²) in [4.78, 5) is 0. The number of aryl methyl sites for hydroxylation is 1. The van der Waals surface area contributed by atoms with Crippen LogP contribution >= 0.6 is 0 Å². The zero-order valence-corrected chi connectivity index (χ0v) is 6.22. The number of likely N-dealkylation sites (N-methyl/N-ethyl adjacent to an activating group) is 1. The molecule has 0 radical (unpaired) electrons. The molecule has 0 aromatic carbocycles. The van der Waals surface area contributed by atoms with E-state index in [0.717, 1.165) is 24.4 Å². The van der Waals surface area contributed by atoms with Crippen molar-refractivity contribution in [2.45, 2.75) is 13.3 Å². The Morgan fingerprint density at radius 3 is 2.90 bits per heavy atom. The first-order valence-corrected chi connectivity index (χ1v) is 3.27. The Labute approximate surface area is 59.6 Å². The van der Waals surface area contributed by atoms with Crippen LogP contribution in [0.25, 0.3) is 0 Å². The first-order chi connectivity index (χ1) is 4.84. The van der Waals surface area contributed by atoms with Gasteiger partial charge in [-0.05, 0) is 14.0 Å². The van der Waals surface area contributed by atoms with Crippen LogP contribution < -0.4 is 5.32 Å². The van der Waals surface area contributed by atoms with Gasteiger partial charge in [0.25, 0.3) is 0 Å². The van der Waals surface area contributed by atoms with E-state index in [-0.39, 0.29) is 0 Å². The molecule has 1 aromatic rings. The molecule has 0 atom stereocenters. The number of nitrogens with zero attached hydrogens (tertiary/aromatic N) is 2. The molecule has 0 spiro atoms. The highest BCUT2D eigenvalue weighted by molar-refractivity contribution is 5.02. The molecular weight excluding hydrogens is 130 g/mol. The molecule has 1 N–H and O–H groups in total. The van der Waals surface area contributed by atoms with E-state index in [2.05, 4.69) is 15.7 Å². The summed E-state index contributed by atoms with van der Waals surface area (Å²) >= 11 is 0. The maximum absolute atomic E-state index is 4.77. The van der Waals surface area contributed by atoms with Gasteiger partial charge in [-0.25, -0.2) is 0 Å². The number of hydrogen-bond donors (Lipinski definition) is 1. The second-order valence-corrected chi connectivity index (χ2v) is 2.13. The van der Waals surface area contributed by atoms with Crippen LogP contribution in [0.5, 0.6) is 0 Å². The molecule has 10 heavy (non-hydrogen) atoms. The Morgan fingerprint density at radius 2 is 2.40 bits per heavy atom. The third kappa shape index (κ3) is 1.54. The van der Waals surface area contributed by atoms with Crippen molar-refractivity contribution in [3.63, 3.8) is 0 Å². The summed E-state index contributed by atoms with van der Waals surface area (Å²) in [6, 6.07) is 0. The first kappa shape index (κ1) is 7.21. The van der Waals surface area contributed by atoms with Crippen molar-refractivity contribution in [3.05, 3.63) is 11.5 Å². The van der Waals surface area contributed by atoms with Crippen molar-refractivity contribution in [1.82, 2.24) is 15.7 Å². The van der Waals surface area contributed by atoms with Gasteiger partial charge < -0.3 is 9.84 Å². The molecule has 1 heterocycles. The van der Waals surface area contributed by atoms with E-state index in [1.165, 1.54) is 0 Å². The monoisotopic (exact) mass is 141 g/mol. The van der Waals surface area contributed by atoms with Crippen molar-refractivity contribution >= 4 is 0 Å². The predicted octanol–water partition coefficient (Wildman–Crippen LogP) is 0.140. The highest BCUT2D eigenvalue weighted by Crippen LogP contribution is 2.00. The van der Waals surface area contributed by atoms with Crippen LogP contribution in [-0.4, -0.2) is 24.0 Å². The number of nitrogens with one attached hydrogen (secondary N) is 1. The third-order valence-corrected chi connectivity index (χ3v) is 1.36. The lowest BCUT2D eigenvalue weighted by molar-refractivity contribution is 0.373. The van der Waals surface area contributed by atoms with Gasteiger partial charge in [-0.3, -0.25) is 0 Å². The summed E-state index contributed by atoms with van der Waals surface area (Å²) in [6.45, 7) is 2.78. The van der Waals surface area contributed by atoms with Gasteiger partial charge in [-0.15, -0.1) is 5.10 Å². The van der Waals surface area contributed by atoms with Crippen molar-refractivity contribution in [2.75, 3.05) is 13.6 Å². The van der Waals surface area contributed by atoms with Crippen LogP contribution in [0.15, 0.2) is 4.52 Å². The van der Waals surface area contributed by atoms with Crippen LogP contribution in [0.2, 0.25) is 0 Å². The minimum Gasteiger partial charge on any atom is -0.342 e. The summed E-state index contributed by atoms with van der Waals surface area (Å²) in [5.41, 5.74) is 0.939. The van der Waals surface area contributed by atoms with Crippen LogP contribution in [-0.2, 0) is 6.42 Å². The fourth-order valence-corrected chi connectivity index (χ4v) is 0.723. The van der Waals surface area contributed by atoms with Crippen molar-refractivity contribution in [2.24, 2.45) is 0 Å². The lowest BCUT2D eigenvalue weighted by Gasteiger charge is -1.92. The van der Waals surface area contributed by atoms with E-state index >= 15 is 0 Å². The van der Waals surface area contributed by atoms with Gasteiger partial charge in [0.1, 0.15) is 5.69 Å². The second kappa shape index (κ2) is 3.31. The molecule has 0 saturated carbocycles. The average Bonchev–Trinajstić information content (AvgIpc) is 2.31. The molecule has 0 saturated heterocycles. The SMILES string of the molecule is CNCCc1nnoc1C. The Balaban J connectivity index is 2.49. The largest absolute Gasteiger partial charge is 0.342 e. The Morgan fingerprint density at radius 1 is 1.60 bits per heavy atom. The van der Waals surface area contributed by atoms with Crippen LogP contribution in [0.3, 0.4) is 0 Å². The predicted molar refractivity (Wildman–Crippen MR) is 36.7 cm³/mol. The molecule has 0 unspecified atom stereocenters. The van der Waals surface area contributed by atoms with Crippen LogP contribution in [0, 0.1) is 6.92 Å². The molecule has 0 aliphatic heterocycles. The lowest BCUT2D eigenvalue weighted by Crippen LogP contribution is -2.10. The quantitative estimate of drug-likeness (QED) is 0.650. The Bertz CT molecular complexity index is 197. The fourth-order valence-electron chi connectivity index (χ4n) is 0.723. The summed E-state index contributed by atoms with van der Waals surface area (Å²) in [5.74, 6) is 0.815. The number of aromatic nitrogens is 2. The lowest BCUT2D eigenvalue weighted by atomic mass is 10.3. The standard InChI is InChI=1S/C6H11N3O/c1-5-6(3-4-7-2)8-9-10-5/h7H,3-4H2,1-2H3. The van der Waals surface area contributed by atoms with E-state index in [1.807, 2.05) is 14.0 Å². The van der Waals surface area contributed by atoms with Crippen LogP contribution in [0.4, 0.5) is 0 Å². The highest BCUT2D eigenvalue weighted by Gasteiger charge is 2.02. The van der Waals surface area contributed by atoms with E-state index in [9.17, 15) is 0 Å². The van der Waals surface area contributed by atoms with Gasteiger partial charge in [-0.2, -0.15) is 0 Å². The zero-order valence-electron chi connectivity index (χ0n) is 6.22. The molecule has 0 bridgehead atoms. The van der Waals surface area contributed by atoms with Crippen molar-refractivity contribution in [1.29, 1.82) is 0 Å². The smallest absolute Gasteiger partial charge is 0.157 e. The normalized spacial score (nSPS) is 10.2. The summed E-state index contributed by atoms with van der Waals surface area (Å²) in [5, 5.41) is 10.2. The van der Waals surface area contributed by atoms with Crippen molar-refractivity contribution in [3.8, 4) is 0 Å². The molecular formula is C6H11N3O. The number of hydrogen-bond acceptors (Lipinski definition) is 4. The first-order valence-electron chi connectivity index (χ1n) is 3.27. The molecule has 0 aliphatic rings. The van der Waals surface area contributed by atoms with Gasteiger partial charge in [0.15, 0.2) is 5.76 Å². The molecule has 0 fully saturated rings. The molecule has 1 rings (SSSR count). The van der Waals surface area contributed by atoms with Gasteiger partial charge >= 0.3 is 0 Å². The minimum atomic E-state index is 0.815. The van der Waals surface area contributed by atoms with Crippen molar-refractivity contribution < 1.29 is 4.52 Å². The van der Waals surface area contributed by atoms with Gasteiger partial charge in [0, 0.05) is 18.2 Å². The molecule has 0 amide bonds. The highest BCUT2D eigenvalue weighted by atomic mass is 16.5. The van der Waals surface area contributed by atoms with E-state index in [4.69, 9.17) is 4.52 Å². The maximum atomic E-state index is 4.77. The van der Waals surface area contributed by atoms with E-state index in [0.29, 0.717) is 0 Å². The van der Waals surface area contributed by atoms with Gasteiger partial charge in [-0.1, -0.05) is 0 Å². The summed E-state index contributed by atoms with van der Waals surface area (Å²) in [7, 11) is 1.91. The summed E-state index contributed by atoms with van der Waals surface area (Å²) in [6.07, 6.45) is 0.881. The Hall–Kier alpha value is -0.900. The van der Waals surface area contributed by atoms with Gasteiger partial charge in [0.05, 0.1) is 0 Å². The minimum absolute atomic E-state index is 0.815. The third-order valence-electron chi connectivity index (χ3n) is 1.36. The van der Waals surface area contributed by atoms with E-state index < -0.39 is 0 Å². The van der Waals surface area contributed by atoms with E-state index in [1.54, 1.807) is 0 Å². The summed E-state index contributed by atoms with van der Waals surface area (Å²) < 4.78 is 4.77. The number of rotatable bonds is 3. The second-order valence-electron chi connectivity index (χ2n) is 2.13. The molecule has 0 aliphatic carbocycles. The zero-order chi connectivity index (χ0) is 7.40. The van der Waals surface area contributed by atoms with Gasteiger partial charge in [0.2, 0.25) is 0 Å². The molecule has 4 heteroatoms. The molecule has 1 aromatic heterocycles. The fraction of sp³-hybridized carbons (Fsp3) is 0.667. The maximum Gasteiger partial charge on any atom is 0.157 e.